The molecule has 1 amide bonds. The van der Waals surface area contributed by atoms with E-state index >= 15 is 0 Å². The van der Waals surface area contributed by atoms with Crippen molar-refractivity contribution in [3.8, 4) is 0 Å². The van der Waals surface area contributed by atoms with Crippen LogP contribution in [-0.4, -0.2) is 34.5 Å². The molecule has 1 aromatic carbocycles. The van der Waals surface area contributed by atoms with E-state index in [9.17, 15) is 9.59 Å². The highest BCUT2D eigenvalue weighted by molar-refractivity contribution is 7.33. The highest BCUT2D eigenvalue weighted by atomic mass is 32.1. The Kier molecular flexibility index (Phi) is 3.16. The summed E-state index contributed by atoms with van der Waals surface area (Å²) in [7, 11) is 0. The molecule has 2 aromatic heterocycles. The quantitative estimate of drug-likeness (QED) is 0.791. The minimum atomic E-state index is -0.955. The predicted molar refractivity (Wildman–Crippen MR) is 88.9 cm³/mol. The van der Waals surface area contributed by atoms with E-state index in [2.05, 4.69) is 12.1 Å². The molecule has 6 heteroatoms. The molecule has 4 nitrogen and oxygen atoms in total. The summed E-state index contributed by atoms with van der Waals surface area (Å²) in [5, 5.41) is 10.2. The maximum Gasteiger partial charge on any atom is 0.323 e. The fourth-order valence-electron chi connectivity index (χ4n) is 2.65. The molecule has 0 bridgehead atoms. The van der Waals surface area contributed by atoms with Crippen LogP contribution < -0.4 is 0 Å². The molecular weight excluding hydrogens is 318 g/mol. The van der Waals surface area contributed by atoms with E-state index in [1.807, 2.05) is 18.2 Å². The average molecular weight is 331 g/mol. The van der Waals surface area contributed by atoms with Crippen molar-refractivity contribution in [1.82, 2.24) is 4.90 Å². The number of rotatable bonds is 4. The molecule has 3 aromatic rings. The number of fused-ring (bicyclic) bond motifs is 3. The second-order valence-corrected chi connectivity index (χ2v) is 7.60. The van der Waals surface area contributed by atoms with Gasteiger partial charge in [-0.15, -0.1) is 22.7 Å². The zero-order chi connectivity index (χ0) is 15.3. The van der Waals surface area contributed by atoms with Crippen LogP contribution in [-0.2, 0) is 4.79 Å². The van der Waals surface area contributed by atoms with Crippen molar-refractivity contribution in [2.45, 2.75) is 18.9 Å². The molecule has 0 saturated heterocycles. The third-order valence-corrected chi connectivity index (χ3v) is 6.22. The Morgan fingerprint density at radius 1 is 1.18 bits per heavy atom. The Bertz CT molecular complexity index is 891. The summed E-state index contributed by atoms with van der Waals surface area (Å²) in [6, 6.07) is 10.2. The van der Waals surface area contributed by atoms with Gasteiger partial charge in [-0.2, -0.15) is 0 Å². The van der Waals surface area contributed by atoms with Gasteiger partial charge in [-0.05, 0) is 25.0 Å². The van der Waals surface area contributed by atoms with Gasteiger partial charge in [-0.25, -0.2) is 0 Å². The Morgan fingerprint density at radius 2 is 1.95 bits per heavy atom. The molecule has 22 heavy (non-hydrogen) atoms. The lowest BCUT2D eigenvalue weighted by atomic mass is 10.2. The van der Waals surface area contributed by atoms with E-state index in [1.165, 1.54) is 26.3 Å². The Balaban J connectivity index is 1.73. The van der Waals surface area contributed by atoms with Crippen LogP contribution >= 0.6 is 22.7 Å². The van der Waals surface area contributed by atoms with Gasteiger partial charge in [0, 0.05) is 20.8 Å². The lowest BCUT2D eigenvalue weighted by Gasteiger charge is -2.19. The number of carboxylic acid groups (broad SMARTS) is 1. The second kappa shape index (κ2) is 5.07. The standard InChI is InChI=1S/C16H13NO3S2/c18-14(19)8-17(9-5-6-9)16(20)13-7-12-15(22-13)10-3-1-2-4-11(10)21-12/h1-4,7,9H,5-6,8H2,(H,18,19). The Morgan fingerprint density at radius 3 is 2.68 bits per heavy atom. The monoisotopic (exact) mass is 331 g/mol. The van der Waals surface area contributed by atoms with Gasteiger partial charge < -0.3 is 10.0 Å². The van der Waals surface area contributed by atoms with Gasteiger partial charge in [0.25, 0.3) is 5.91 Å². The van der Waals surface area contributed by atoms with Gasteiger partial charge in [0.05, 0.1) is 9.58 Å². The summed E-state index contributed by atoms with van der Waals surface area (Å²) < 4.78 is 3.43. The number of thiophene rings is 2. The molecule has 0 atom stereocenters. The molecule has 0 spiro atoms. The zero-order valence-corrected chi connectivity index (χ0v) is 13.2. The van der Waals surface area contributed by atoms with Crippen LogP contribution in [0.15, 0.2) is 30.3 Å². The average Bonchev–Trinajstić information content (AvgIpc) is 3.15. The minimum absolute atomic E-state index is 0.0977. The molecular formula is C16H13NO3S2. The zero-order valence-electron chi connectivity index (χ0n) is 11.6. The minimum Gasteiger partial charge on any atom is -0.480 e. The number of hydrogen-bond acceptors (Lipinski definition) is 4. The third-order valence-electron chi connectivity index (χ3n) is 3.81. The molecule has 1 N–H and O–H groups in total. The molecule has 0 radical (unpaired) electrons. The van der Waals surface area contributed by atoms with Gasteiger partial charge in [-0.3, -0.25) is 9.59 Å². The summed E-state index contributed by atoms with van der Waals surface area (Å²) in [6.07, 6.45) is 1.81. The van der Waals surface area contributed by atoms with Crippen LogP contribution in [0.2, 0.25) is 0 Å². The van der Waals surface area contributed by atoms with Crippen molar-refractivity contribution in [3.63, 3.8) is 0 Å². The summed E-state index contributed by atoms with van der Waals surface area (Å²) in [5.41, 5.74) is 0. The normalized spacial score (nSPS) is 14.5. The number of aliphatic carboxylic acids is 1. The molecule has 1 aliphatic carbocycles. The smallest absolute Gasteiger partial charge is 0.323 e. The van der Waals surface area contributed by atoms with Crippen LogP contribution in [0.4, 0.5) is 0 Å². The maximum atomic E-state index is 12.6. The summed E-state index contributed by atoms with van der Waals surface area (Å²) in [6.45, 7) is -0.213. The largest absolute Gasteiger partial charge is 0.480 e. The number of hydrogen-bond donors (Lipinski definition) is 1. The molecule has 0 unspecified atom stereocenters. The molecule has 4 rings (SSSR count). The van der Waals surface area contributed by atoms with E-state index in [4.69, 9.17) is 5.11 Å². The van der Waals surface area contributed by atoms with E-state index in [0.717, 1.165) is 22.2 Å². The van der Waals surface area contributed by atoms with Crippen LogP contribution in [0, 0.1) is 0 Å². The maximum absolute atomic E-state index is 12.6. The number of carbonyl (C=O) groups excluding carboxylic acids is 1. The first-order valence-corrected chi connectivity index (χ1v) is 8.70. The number of carboxylic acids is 1. The van der Waals surface area contributed by atoms with Crippen LogP contribution in [0.5, 0.6) is 0 Å². The summed E-state index contributed by atoms with van der Waals surface area (Å²) in [4.78, 5) is 25.8. The van der Waals surface area contributed by atoms with Gasteiger partial charge in [0.15, 0.2) is 0 Å². The highest BCUT2D eigenvalue weighted by Crippen LogP contribution is 2.40. The lowest BCUT2D eigenvalue weighted by molar-refractivity contribution is -0.137. The van der Waals surface area contributed by atoms with Gasteiger partial charge in [-0.1, -0.05) is 18.2 Å². The van der Waals surface area contributed by atoms with Crippen molar-refractivity contribution in [2.24, 2.45) is 0 Å². The van der Waals surface area contributed by atoms with E-state index in [1.54, 1.807) is 11.3 Å². The van der Waals surface area contributed by atoms with Crippen LogP contribution in [0.1, 0.15) is 22.5 Å². The van der Waals surface area contributed by atoms with Crippen LogP contribution in [0.3, 0.4) is 0 Å². The third kappa shape index (κ3) is 2.28. The second-order valence-electron chi connectivity index (χ2n) is 5.46. The van der Waals surface area contributed by atoms with E-state index in [0.29, 0.717) is 4.88 Å². The van der Waals surface area contributed by atoms with E-state index < -0.39 is 5.97 Å². The number of benzene rings is 1. The predicted octanol–water partition coefficient (Wildman–Crippen LogP) is 3.81. The highest BCUT2D eigenvalue weighted by Gasteiger charge is 2.35. The summed E-state index contributed by atoms with van der Waals surface area (Å²) in [5.74, 6) is -1.11. The topological polar surface area (TPSA) is 57.6 Å². The van der Waals surface area contributed by atoms with Crippen molar-refractivity contribution >= 4 is 54.0 Å². The van der Waals surface area contributed by atoms with Crippen molar-refractivity contribution in [3.05, 3.63) is 35.2 Å². The first-order valence-electron chi connectivity index (χ1n) is 7.07. The molecule has 112 valence electrons. The molecule has 2 heterocycles. The molecule has 0 aliphatic heterocycles. The SMILES string of the molecule is O=C(O)CN(C(=O)c1cc2sc3ccccc3c2s1)C1CC1. The van der Waals surface area contributed by atoms with Crippen molar-refractivity contribution < 1.29 is 14.7 Å². The fraction of sp³-hybridized carbons (Fsp3) is 0.250. The van der Waals surface area contributed by atoms with Crippen molar-refractivity contribution in [1.29, 1.82) is 0 Å². The molecule has 1 aliphatic rings. The van der Waals surface area contributed by atoms with E-state index in [-0.39, 0.29) is 18.5 Å². The molecule has 1 fully saturated rings. The van der Waals surface area contributed by atoms with Gasteiger partial charge in [0.1, 0.15) is 6.54 Å². The van der Waals surface area contributed by atoms with Crippen molar-refractivity contribution in [2.75, 3.05) is 6.54 Å². The number of nitrogens with zero attached hydrogens (tertiary/aromatic N) is 1. The van der Waals surface area contributed by atoms with Gasteiger partial charge >= 0.3 is 5.97 Å². The number of carbonyl (C=O) groups is 2. The Labute approximate surface area is 134 Å². The first-order chi connectivity index (χ1) is 10.6. The first kappa shape index (κ1) is 13.7. The molecule has 1 saturated carbocycles. The Hall–Kier alpha value is -1.92. The number of amides is 1. The summed E-state index contributed by atoms with van der Waals surface area (Å²) >= 11 is 3.14. The van der Waals surface area contributed by atoms with Gasteiger partial charge in [0.2, 0.25) is 0 Å². The lowest BCUT2D eigenvalue weighted by Crippen LogP contribution is -2.37. The van der Waals surface area contributed by atoms with Crippen LogP contribution in [0.25, 0.3) is 19.5 Å². The fourth-order valence-corrected chi connectivity index (χ4v) is 5.13.